The number of nitrogens with zero attached hydrogens (tertiary/aromatic N) is 1. The third-order valence-corrected chi connectivity index (χ3v) is 1.93. The standard InChI is InChI=1S/C7H14F2N2O/c1-2-12-4-6-3-7(8,9)5-11(6)10/h6H,2-5,10H2,1H3. The van der Waals surface area contributed by atoms with E-state index < -0.39 is 5.92 Å². The summed E-state index contributed by atoms with van der Waals surface area (Å²) in [6.07, 6.45) is -0.191. The summed E-state index contributed by atoms with van der Waals surface area (Å²) >= 11 is 0. The molecule has 0 aromatic carbocycles. The maximum atomic E-state index is 12.7. The molecule has 0 saturated carbocycles. The Balaban J connectivity index is 2.36. The van der Waals surface area contributed by atoms with Crippen molar-refractivity contribution >= 4 is 0 Å². The minimum atomic E-state index is -2.64. The second kappa shape index (κ2) is 3.64. The number of rotatable bonds is 3. The molecule has 12 heavy (non-hydrogen) atoms. The Morgan fingerprint density at radius 3 is 2.75 bits per heavy atom. The first-order chi connectivity index (χ1) is 5.55. The lowest BCUT2D eigenvalue weighted by atomic mass is 10.2. The summed E-state index contributed by atoms with van der Waals surface area (Å²) in [5, 5.41) is 1.16. The number of hydrazine groups is 1. The van der Waals surface area contributed by atoms with E-state index in [1.165, 1.54) is 0 Å². The number of hydrogen-bond acceptors (Lipinski definition) is 3. The largest absolute Gasteiger partial charge is 0.380 e. The lowest BCUT2D eigenvalue weighted by Crippen LogP contribution is -2.39. The van der Waals surface area contributed by atoms with E-state index in [1.54, 1.807) is 0 Å². The number of nitrogens with two attached hydrogens (primary N) is 1. The summed E-state index contributed by atoms with van der Waals surface area (Å²) in [5.41, 5.74) is 0. The molecule has 72 valence electrons. The SMILES string of the molecule is CCOCC1CC(F)(F)CN1N. The second-order valence-corrected chi connectivity index (χ2v) is 3.05. The second-order valence-electron chi connectivity index (χ2n) is 3.05. The fourth-order valence-electron chi connectivity index (χ4n) is 1.33. The van der Waals surface area contributed by atoms with Gasteiger partial charge < -0.3 is 4.74 Å². The highest BCUT2D eigenvalue weighted by molar-refractivity contribution is 4.87. The van der Waals surface area contributed by atoms with E-state index >= 15 is 0 Å². The zero-order chi connectivity index (χ0) is 9.19. The van der Waals surface area contributed by atoms with Gasteiger partial charge in [0.1, 0.15) is 0 Å². The minimum Gasteiger partial charge on any atom is -0.380 e. The van der Waals surface area contributed by atoms with E-state index in [2.05, 4.69) is 0 Å². The predicted molar refractivity (Wildman–Crippen MR) is 40.7 cm³/mol. The van der Waals surface area contributed by atoms with Gasteiger partial charge in [0, 0.05) is 13.0 Å². The van der Waals surface area contributed by atoms with Crippen LogP contribution in [0.25, 0.3) is 0 Å². The maximum Gasteiger partial charge on any atom is 0.263 e. The van der Waals surface area contributed by atoms with E-state index in [0.717, 1.165) is 5.01 Å². The van der Waals surface area contributed by atoms with Crippen molar-refractivity contribution in [3.8, 4) is 0 Å². The van der Waals surface area contributed by atoms with Gasteiger partial charge in [-0.2, -0.15) is 0 Å². The molecule has 1 atom stereocenters. The lowest BCUT2D eigenvalue weighted by Gasteiger charge is -2.16. The van der Waals surface area contributed by atoms with Crippen molar-refractivity contribution in [3.63, 3.8) is 0 Å². The molecule has 0 bridgehead atoms. The smallest absolute Gasteiger partial charge is 0.263 e. The maximum absolute atomic E-state index is 12.7. The molecule has 1 rings (SSSR count). The van der Waals surface area contributed by atoms with Crippen LogP contribution in [0.15, 0.2) is 0 Å². The molecular weight excluding hydrogens is 166 g/mol. The van der Waals surface area contributed by atoms with Gasteiger partial charge in [0.2, 0.25) is 0 Å². The van der Waals surface area contributed by atoms with Crippen LogP contribution in [0.4, 0.5) is 8.78 Å². The Bertz CT molecular complexity index is 154. The monoisotopic (exact) mass is 180 g/mol. The predicted octanol–water partition coefficient (Wildman–Crippen LogP) is 0.606. The van der Waals surface area contributed by atoms with Gasteiger partial charge >= 0.3 is 0 Å². The topological polar surface area (TPSA) is 38.5 Å². The Labute approximate surface area is 70.4 Å². The van der Waals surface area contributed by atoms with Crippen molar-refractivity contribution in [3.05, 3.63) is 0 Å². The first-order valence-electron chi connectivity index (χ1n) is 4.02. The summed E-state index contributed by atoms with van der Waals surface area (Å²) < 4.78 is 30.4. The lowest BCUT2D eigenvalue weighted by molar-refractivity contribution is 0.0114. The van der Waals surface area contributed by atoms with Gasteiger partial charge in [-0.25, -0.2) is 13.8 Å². The Morgan fingerprint density at radius 2 is 2.33 bits per heavy atom. The Hall–Kier alpha value is -0.260. The van der Waals surface area contributed by atoms with Gasteiger partial charge in [-0.15, -0.1) is 0 Å². The van der Waals surface area contributed by atoms with Gasteiger partial charge in [-0.1, -0.05) is 0 Å². The highest BCUT2D eigenvalue weighted by Gasteiger charge is 2.43. The van der Waals surface area contributed by atoms with E-state index in [0.29, 0.717) is 13.2 Å². The number of halogens is 2. The molecule has 0 amide bonds. The van der Waals surface area contributed by atoms with Crippen LogP contribution in [-0.2, 0) is 4.74 Å². The van der Waals surface area contributed by atoms with Crippen molar-refractivity contribution < 1.29 is 13.5 Å². The normalized spacial score (nSPS) is 29.5. The van der Waals surface area contributed by atoms with Crippen LogP contribution in [0.2, 0.25) is 0 Å². The third kappa shape index (κ3) is 2.36. The molecule has 0 radical (unpaired) electrons. The summed E-state index contributed by atoms with van der Waals surface area (Å²) in [7, 11) is 0. The van der Waals surface area contributed by atoms with Crippen LogP contribution in [0.5, 0.6) is 0 Å². The Kier molecular flexibility index (Phi) is 2.98. The molecule has 1 unspecified atom stereocenters. The van der Waals surface area contributed by atoms with Crippen molar-refractivity contribution in [2.24, 2.45) is 5.84 Å². The van der Waals surface area contributed by atoms with Crippen LogP contribution in [0.3, 0.4) is 0 Å². The van der Waals surface area contributed by atoms with Crippen LogP contribution in [0.1, 0.15) is 13.3 Å². The van der Waals surface area contributed by atoms with Crippen LogP contribution in [0, 0.1) is 0 Å². The van der Waals surface area contributed by atoms with Crippen LogP contribution in [-0.4, -0.2) is 36.7 Å². The Morgan fingerprint density at radius 1 is 1.67 bits per heavy atom. The highest BCUT2D eigenvalue weighted by Crippen LogP contribution is 2.29. The molecule has 0 aliphatic carbocycles. The van der Waals surface area contributed by atoms with Crippen molar-refractivity contribution in [1.29, 1.82) is 0 Å². The minimum absolute atomic E-state index is 0.191. The summed E-state index contributed by atoms with van der Waals surface area (Å²) in [4.78, 5) is 0. The molecular formula is C7H14F2N2O. The van der Waals surface area contributed by atoms with Crippen LogP contribution < -0.4 is 5.84 Å². The molecule has 0 spiro atoms. The summed E-state index contributed by atoms with van der Waals surface area (Å²) in [6, 6.07) is -0.333. The van der Waals surface area contributed by atoms with E-state index in [1.807, 2.05) is 6.92 Å². The average Bonchev–Trinajstić information content (AvgIpc) is 2.20. The van der Waals surface area contributed by atoms with Crippen molar-refractivity contribution in [1.82, 2.24) is 5.01 Å². The summed E-state index contributed by atoms with van der Waals surface area (Å²) in [6.45, 7) is 2.30. The van der Waals surface area contributed by atoms with Gasteiger partial charge in [0.25, 0.3) is 5.92 Å². The average molecular weight is 180 g/mol. The molecule has 3 nitrogen and oxygen atoms in total. The van der Waals surface area contributed by atoms with Crippen molar-refractivity contribution in [2.45, 2.75) is 25.3 Å². The number of hydrogen-bond donors (Lipinski definition) is 1. The highest BCUT2D eigenvalue weighted by atomic mass is 19.3. The number of alkyl halides is 2. The quantitative estimate of drug-likeness (QED) is 0.646. The summed E-state index contributed by atoms with van der Waals surface area (Å²) in [5.74, 6) is 2.73. The fraction of sp³-hybridized carbons (Fsp3) is 1.00. The zero-order valence-electron chi connectivity index (χ0n) is 7.09. The van der Waals surface area contributed by atoms with E-state index in [9.17, 15) is 8.78 Å². The molecule has 1 heterocycles. The fourth-order valence-corrected chi connectivity index (χ4v) is 1.33. The molecule has 1 fully saturated rings. The van der Waals surface area contributed by atoms with Crippen molar-refractivity contribution in [2.75, 3.05) is 19.8 Å². The molecule has 1 saturated heterocycles. The molecule has 5 heteroatoms. The third-order valence-electron chi connectivity index (χ3n) is 1.93. The molecule has 1 aliphatic heterocycles. The number of ether oxygens (including phenoxy) is 1. The van der Waals surface area contributed by atoms with Gasteiger partial charge in [-0.3, -0.25) is 5.84 Å². The van der Waals surface area contributed by atoms with Gasteiger partial charge in [0.05, 0.1) is 19.2 Å². The van der Waals surface area contributed by atoms with E-state index in [-0.39, 0.29) is 19.0 Å². The van der Waals surface area contributed by atoms with Crippen LogP contribution >= 0.6 is 0 Å². The zero-order valence-corrected chi connectivity index (χ0v) is 7.09. The molecule has 0 aromatic heterocycles. The molecule has 0 aromatic rings. The molecule has 2 N–H and O–H groups in total. The molecule has 1 aliphatic rings. The van der Waals surface area contributed by atoms with Gasteiger partial charge in [0.15, 0.2) is 0 Å². The van der Waals surface area contributed by atoms with Gasteiger partial charge in [-0.05, 0) is 6.92 Å². The first kappa shape index (κ1) is 9.83. The van der Waals surface area contributed by atoms with E-state index in [4.69, 9.17) is 10.6 Å². The first-order valence-corrected chi connectivity index (χ1v) is 4.02.